The third kappa shape index (κ3) is 6.56. The van der Waals surface area contributed by atoms with Crippen LogP contribution in [-0.4, -0.2) is 35.4 Å². The number of nitrogens with one attached hydrogen (secondary N) is 1. The molecule has 3 N–H and O–H groups in total. The van der Waals surface area contributed by atoms with Gasteiger partial charge >= 0.3 is 7.60 Å². The van der Waals surface area contributed by atoms with Gasteiger partial charge in [-0.3, -0.25) is 14.7 Å². The van der Waals surface area contributed by atoms with E-state index in [0.29, 0.717) is 10.9 Å². The van der Waals surface area contributed by atoms with E-state index < -0.39 is 23.3 Å². The number of anilines is 1. The average Bonchev–Trinajstić information content (AvgIpc) is 3.31. The van der Waals surface area contributed by atoms with Crippen LogP contribution in [0.4, 0.5) is 5.13 Å². The Balaban J connectivity index is 1.67. The van der Waals surface area contributed by atoms with Crippen molar-refractivity contribution in [2.75, 3.05) is 11.6 Å². The Bertz CT molecular complexity index is 1550. The Morgan fingerprint density at radius 3 is 2.19 bits per heavy atom. The van der Waals surface area contributed by atoms with Gasteiger partial charge in [0.05, 0.1) is 10.2 Å². The maximum Gasteiger partial charge on any atom is 0.356 e. The first-order valence-electron chi connectivity index (χ1n) is 10.2. The predicted octanol–water partition coefficient (Wildman–Crippen LogP) is 4.19. The zero-order chi connectivity index (χ0) is 25.9. The number of rotatable bonds is 8. The highest BCUT2D eigenvalue weighted by Crippen LogP contribution is 2.36. The van der Waals surface area contributed by atoms with Gasteiger partial charge in [0, 0.05) is 29.5 Å². The van der Waals surface area contributed by atoms with Gasteiger partial charge in [0.25, 0.3) is 5.91 Å². The van der Waals surface area contributed by atoms with Gasteiger partial charge in [0.15, 0.2) is 15.0 Å². The van der Waals surface area contributed by atoms with Crippen molar-refractivity contribution in [3.8, 4) is 23.0 Å². The van der Waals surface area contributed by atoms with E-state index in [4.69, 9.17) is 9.47 Å². The van der Waals surface area contributed by atoms with Crippen LogP contribution in [0, 0.1) is 0 Å². The lowest BCUT2D eigenvalue weighted by atomic mass is 10.2. The fraction of sp³-hybridized carbons (Fsp3) is 0.0435. The van der Waals surface area contributed by atoms with E-state index >= 15 is 0 Å². The molecule has 0 fully saturated rings. The molecule has 186 valence electrons. The molecule has 0 bridgehead atoms. The number of amides is 1. The van der Waals surface area contributed by atoms with Crippen LogP contribution >= 0.6 is 18.9 Å². The van der Waals surface area contributed by atoms with Crippen LogP contribution in [0.2, 0.25) is 0 Å². The van der Waals surface area contributed by atoms with Crippen LogP contribution in [0.1, 0.15) is 10.4 Å². The highest BCUT2D eigenvalue weighted by Gasteiger charge is 2.18. The molecule has 13 heteroatoms. The highest BCUT2D eigenvalue weighted by atomic mass is 32.2. The van der Waals surface area contributed by atoms with E-state index in [-0.39, 0.29) is 33.0 Å². The molecular formula is C23H19N2O8PS2. The van der Waals surface area contributed by atoms with Gasteiger partial charge in [-0.1, -0.05) is 6.07 Å². The van der Waals surface area contributed by atoms with Crippen molar-refractivity contribution in [2.24, 2.45) is 0 Å². The summed E-state index contributed by atoms with van der Waals surface area (Å²) in [6.45, 7) is 0. The zero-order valence-corrected chi connectivity index (χ0v) is 21.1. The van der Waals surface area contributed by atoms with Gasteiger partial charge in [-0.05, 0) is 54.6 Å². The summed E-state index contributed by atoms with van der Waals surface area (Å²) in [6, 6.07) is 15.5. The SMILES string of the molecule is CS(=O)(=O)c1ccc(Oc2cc(Oc3cccc(P(=O)(O)O)c3)cc(C(=O)Nc3nccs3)c2)cc1. The Labute approximate surface area is 210 Å². The molecule has 0 radical (unpaired) electrons. The van der Waals surface area contributed by atoms with Gasteiger partial charge in [0.2, 0.25) is 0 Å². The minimum absolute atomic E-state index is 0.125. The normalized spacial score (nSPS) is 11.6. The van der Waals surface area contributed by atoms with Gasteiger partial charge in [-0.15, -0.1) is 11.3 Å². The Morgan fingerprint density at radius 2 is 1.61 bits per heavy atom. The molecule has 1 amide bonds. The molecule has 0 aliphatic carbocycles. The van der Waals surface area contributed by atoms with Crippen molar-refractivity contribution >= 4 is 45.1 Å². The van der Waals surface area contributed by atoms with E-state index in [1.807, 2.05) is 0 Å². The second-order valence-corrected chi connectivity index (χ2v) is 12.0. The fourth-order valence-corrected chi connectivity index (χ4v) is 4.76. The van der Waals surface area contributed by atoms with Gasteiger partial charge in [0.1, 0.15) is 23.0 Å². The number of hydrogen-bond donors (Lipinski definition) is 3. The summed E-state index contributed by atoms with van der Waals surface area (Å²) in [6.07, 6.45) is 2.64. The van der Waals surface area contributed by atoms with Crippen molar-refractivity contribution < 1.29 is 37.0 Å². The smallest absolute Gasteiger partial charge is 0.356 e. The first-order chi connectivity index (χ1) is 17.0. The number of sulfone groups is 1. The molecule has 0 unspecified atom stereocenters. The van der Waals surface area contributed by atoms with Gasteiger partial charge in [-0.25, -0.2) is 13.4 Å². The molecule has 0 aliphatic rings. The van der Waals surface area contributed by atoms with E-state index in [0.717, 1.165) is 6.26 Å². The molecule has 0 atom stereocenters. The van der Waals surface area contributed by atoms with Crippen LogP contribution in [0.5, 0.6) is 23.0 Å². The minimum Gasteiger partial charge on any atom is -0.457 e. The molecule has 4 aromatic rings. The Morgan fingerprint density at radius 1 is 0.944 bits per heavy atom. The minimum atomic E-state index is -4.50. The average molecular weight is 547 g/mol. The van der Waals surface area contributed by atoms with E-state index in [2.05, 4.69) is 10.3 Å². The topological polar surface area (TPSA) is 152 Å². The van der Waals surface area contributed by atoms with Crippen LogP contribution in [0.3, 0.4) is 0 Å². The summed E-state index contributed by atoms with van der Waals surface area (Å²) >= 11 is 1.24. The summed E-state index contributed by atoms with van der Waals surface area (Å²) in [5.41, 5.74) is 0.164. The number of carbonyl (C=O) groups is 1. The molecule has 0 aliphatic heterocycles. The zero-order valence-electron chi connectivity index (χ0n) is 18.6. The standard InChI is InChI=1S/C23H19N2O8PS2/c1-36(30,31)21-7-5-16(6-8-21)32-18-11-15(22(26)25-23-24-9-10-35-23)12-19(13-18)33-17-3-2-4-20(14-17)34(27,28)29/h2-14H,1H3,(H,24,25,26)(H2,27,28,29). The van der Waals surface area contributed by atoms with Crippen LogP contribution in [0.15, 0.2) is 83.2 Å². The lowest BCUT2D eigenvalue weighted by Gasteiger charge is -2.13. The van der Waals surface area contributed by atoms with Gasteiger partial charge in [-0.2, -0.15) is 0 Å². The predicted molar refractivity (Wildman–Crippen MR) is 134 cm³/mol. The van der Waals surface area contributed by atoms with Gasteiger partial charge < -0.3 is 19.3 Å². The third-order valence-electron chi connectivity index (χ3n) is 4.67. The summed E-state index contributed by atoms with van der Waals surface area (Å²) in [5, 5.41) is 4.53. The molecule has 0 saturated carbocycles. The molecule has 1 heterocycles. The maximum atomic E-state index is 12.8. The number of ether oxygens (including phenoxy) is 2. The quantitative estimate of drug-likeness (QED) is 0.276. The highest BCUT2D eigenvalue weighted by molar-refractivity contribution is 7.90. The molecule has 1 aromatic heterocycles. The van der Waals surface area contributed by atoms with Crippen molar-refractivity contribution in [1.82, 2.24) is 4.98 Å². The third-order valence-corrected chi connectivity index (χ3v) is 7.44. The summed E-state index contributed by atoms with van der Waals surface area (Å²) < 4.78 is 46.6. The number of hydrogen-bond acceptors (Lipinski definition) is 8. The number of aromatic nitrogens is 1. The molecular weight excluding hydrogens is 527 g/mol. The van der Waals surface area contributed by atoms with Crippen molar-refractivity contribution in [3.63, 3.8) is 0 Å². The molecule has 10 nitrogen and oxygen atoms in total. The summed E-state index contributed by atoms with van der Waals surface area (Å²) in [4.78, 5) is 35.9. The first kappa shape index (κ1) is 25.5. The Hall–Kier alpha value is -3.54. The molecule has 4 rings (SSSR count). The first-order valence-corrected chi connectivity index (χ1v) is 14.5. The lowest BCUT2D eigenvalue weighted by Crippen LogP contribution is -2.12. The van der Waals surface area contributed by atoms with E-state index in [1.165, 1.54) is 78.1 Å². The number of thiazole rings is 1. The second-order valence-electron chi connectivity index (χ2n) is 7.47. The number of nitrogens with zero attached hydrogens (tertiary/aromatic N) is 1. The number of carbonyl (C=O) groups excluding carboxylic acids is 1. The van der Waals surface area contributed by atoms with Crippen LogP contribution in [-0.2, 0) is 14.4 Å². The molecule has 0 saturated heterocycles. The maximum absolute atomic E-state index is 12.8. The van der Waals surface area contributed by atoms with E-state index in [1.54, 1.807) is 11.6 Å². The van der Waals surface area contributed by atoms with Crippen LogP contribution in [0.25, 0.3) is 0 Å². The number of benzene rings is 3. The van der Waals surface area contributed by atoms with Crippen molar-refractivity contribution in [3.05, 3.63) is 83.9 Å². The fourth-order valence-electron chi connectivity index (χ4n) is 3.03. The second kappa shape index (κ2) is 10.2. The Kier molecular flexibility index (Phi) is 7.25. The van der Waals surface area contributed by atoms with Crippen LogP contribution < -0.4 is 20.1 Å². The van der Waals surface area contributed by atoms with E-state index in [9.17, 15) is 27.6 Å². The largest absolute Gasteiger partial charge is 0.457 e. The summed E-state index contributed by atoms with van der Waals surface area (Å²) in [7, 11) is -7.88. The van der Waals surface area contributed by atoms with Crippen molar-refractivity contribution in [2.45, 2.75) is 4.90 Å². The van der Waals surface area contributed by atoms with Crippen molar-refractivity contribution in [1.29, 1.82) is 0 Å². The molecule has 3 aromatic carbocycles. The molecule has 0 spiro atoms. The summed E-state index contributed by atoms with van der Waals surface area (Å²) in [5.74, 6) is 0.324. The monoisotopic (exact) mass is 546 g/mol. The lowest BCUT2D eigenvalue weighted by molar-refractivity contribution is 0.102. The molecule has 36 heavy (non-hydrogen) atoms.